The van der Waals surface area contributed by atoms with Gasteiger partial charge in [-0.15, -0.1) is 0 Å². The highest BCUT2D eigenvalue weighted by Gasteiger charge is 2.21. The fourth-order valence-electron chi connectivity index (χ4n) is 2.13. The van der Waals surface area contributed by atoms with E-state index in [0.29, 0.717) is 5.56 Å². The fraction of sp³-hybridized carbons (Fsp3) is 0.500. The lowest BCUT2D eigenvalue weighted by atomic mass is 10.1. The molecule has 10 heteroatoms. The molecule has 0 unspecified atom stereocenters. The van der Waals surface area contributed by atoms with Crippen LogP contribution in [0.3, 0.4) is 0 Å². The Kier molecular flexibility index (Phi) is 10.3. The van der Waals surface area contributed by atoms with Gasteiger partial charge in [0.05, 0.1) is 7.11 Å². The molecular formula is C20H27NO9. The number of ether oxygens (including phenoxy) is 5. The van der Waals surface area contributed by atoms with Gasteiger partial charge >= 0.3 is 24.1 Å². The first-order valence-corrected chi connectivity index (χ1v) is 9.41. The molecule has 0 saturated heterocycles. The molecule has 30 heavy (non-hydrogen) atoms. The van der Waals surface area contributed by atoms with Crippen LogP contribution in [0.25, 0.3) is 0 Å². The van der Waals surface area contributed by atoms with E-state index in [-0.39, 0.29) is 37.4 Å². The van der Waals surface area contributed by atoms with Gasteiger partial charge in [-0.3, -0.25) is 14.4 Å². The molecule has 0 aromatic heterocycles. The molecule has 0 spiro atoms. The fourth-order valence-corrected chi connectivity index (χ4v) is 2.13. The maximum absolute atomic E-state index is 12.2. The summed E-state index contributed by atoms with van der Waals surface area (Å²) in [6.45, 7) is 4.61. The molecule has 166 valence electrons. The van der Waals surface area contributed by atoms with Crippen LogP contribution in [0.2, 0.25) is 0 Å². The number of methoxy groups -OCH3 is 1. The van der Waals surface area contributed by atoms with Crippen molar-refractivity contribution in [2.75, 3.05) is 13.7 Å². The summed E-state index contributed by atoms with van der Waals surface area (Å²) in [6, 6.07) is 3.51. The number of nitrogens with two attached hydrogens (primary N) is 1. The van der Waals surface area contributed by atoms with Gasteiger partial charge in [-0.25, -0.2) is 4.79 Å². The van der Waals surface area contributed by atoms with E-state index in [1.165, 1.54) is 19.1 Å². The Labute approximate surface area is 174 Å². The van der Waals surface area contributed by atoms with Crippen molar-refractivity contribution in [1.29, 1.82) is 0 Å². The Morgan fingerprint density at radius 1 is 1.00 bits per heavy atom. The number of carbonyl (C=O) groups is 4. The van der Waals surface area contributed by atoms with Crippen molar-refractivity contribution in [3.63, 3.8) is 0 Å². The molecule has 0 saturated carbocycles. The van der Waals surface area contributed by atoms with Crippen LogP contribution in [-0.4, -0.2) is 49.9 Å². The van der Waals surface area contributed by atoms with Crippen molar-refractivity contribution in [3.8, 4) is 11.5 Å². The van der Waals surface area contributed by atoms with Gasteiger partial charge < -0.3 is 29.4 Å². The molecule has 0 fully saturated rings. The van der Waals surface area contributed by atoms with Gasteiger partial charge in [0.1, 0.15) is 18.8 Å². The van der Waals surface area contributed by atoms with Crippen molar-refractivity contribution in [1.82, 2.24) is 0 Å². The minimum atomic E-state index is -1.02. The minimum absolute atomic E-state index is 0.0570. The summed E-state index contributed by atoms with van der Waals surface area (Å²) in [5.41, 5.74) is 6.46. The molecule has 0 radical (unpaired) electrons. The second-order valence-electron chi connectivity index (χ2n) is 6.26. The second-order valence-corrected chi connectivity index (χ2v) is 6.26. The van der Waals surface area contributed by atoms with E-state index in [1.807, 2.05) is 0 Å². The first-order chi connectivity index (χ1) is 14.2. The quantitative estimate of drug-likeness (QED) is 0.436. The molecule has 0 bridgehead atoms. The van der Waals surface area contributed by atoms with E-state index in [2.05, 4.69) is 4.74 Å². The summed E-state index contributed by atoms with van der Waals surface area (Å²) in [6.07, 6.45) is -1.26. The van der Waals surface area contributed by atoms with Crippen molar-refractivity contribution in [3.05, 3.63) is 23.8 Å². The van der Waals surface area contributed by atoms with Crippen molar-refractivity contribution in [2.45, 2.75) is 52.2 Å². The lowest BCUT2D eigenvalue weighted by Crippen LogP contribution is -2.37. The van der Waals surface area contributed by atoms with Crippen LogP contribution in [-0.2, 0) is 35.0 Å². The topological polar surface area (TPSA) is 140 Å². The average molecular weight is 425 g/mol. The highest BCUT2D eigenvalue weighted by atomic mass is 16.7. The van der Waals surface area contributed by atoms with Gasteiger partial charge in [0.2, 0.25) is 0 Å². The molecule has 2 N–H and O–H groups in total. The summed E-state index contributed by atoms with van der Waals surface area (Å²) in [5.74, 6) is -1.55. The number of carbonyl (C=O) groups excluding carboxylic acids is 4. The summed E-state index contributed by atoms with van der Waals surface area (Å²) in [7, 11) is 1.16. The van der Waals surface area contributed by atoms with Gasteiger partial charge in [-0.05, 0) is 31.0 Å². The molecule has 0 aliphatic heterocycles. The maximum Gasteiger partial charge on any atom is 0.508 e. The van der Waals surface area contributed by atoms with E-state index in [9.17, 15) is 19.2 Å². The lowest BCUT2D eigenvalue weighted by molar-refractivity contribution is -0.152. The van der Waals surface area contributed by atoms with Crippen molar-refractivity contribution in [2.24, 2.45) is 5.73 Å². The Morgan fingerprint density at radius 3 is 2.17 bits per heavy atom. The standard InChI is InChI=1S/C20H27NO9/c1-5-17(22)29-15-8-7-13(10-16(15)30-18(23)6-2)9-14(21)19(24)28-12(3)11-27-20(25)26-4/h7-8,10,12,14H,5-6,9,11,21H2,1-4H3/t12-,14-/m0/s1. The maximum atomic E-state index is 12.2. The average Bonchev–Trinajstić information content (AvgIpc) is 2.73. The lowest BCUT2D eigenvalue weighted by Gasteiger charge is -2.17. The summed E-state index contributed by atoms with van der Waals surface area (Å²) < 4.78 is 24.5. The van der Waals surface area contributed by atoms with Crippen LogP contribution in [0.5, 0.6) is 11.5 Å². The SMILES string of the molecule is CCC(=O)Oc1ccc(C[C@H](N)C(=O)O[C@@H](C)COC(=O)OC)cc1OC(=O)CC. The smallest absolute Gasteiger partial charge is 0.458 e. The number of rotatable bonds is 10. The molecule has 0 aliphatic carbocycles. The van der Waals surface area contributed by atoms with Gasteiger partial charge in [-0.2, -0.15) is 0 Å². The largest absolute Gasteiger partial charge is 0.508 e. The summed E-state index contributed by atoms with van der Waals surface area (Å²) in [4.78, 5) is 46.4. The Morgan fingerprint density at radius 2 is 1.60 bits per heavy atom. The third kappa shape index (κ3) is 8.48. The zero-order chi connectivity index (χ0) is 22.7. The molecule has 2 atom stereocenters. The third-order valence-electron chi connectivity index (χ3n) is 3.71. The first-order valence-electron chi connectivity index (χ1n) is 9.41. The normalized spacial score (nSPS) is 12.3. The predicted molar refractivity (Wildman–Crippen MR) is 104 cm³/mol. The van der Waals surface area contributed by atoms with Crippen LogP contribution in [0.4, 0.5) is 4.79 Å². The molecule has 10 nitrogen and oxygen atoms in total. The zero-order valence-corrected chi connectivity index (χ0v) is 17.5. The van der Waals surface area contributed by atoms with E-state index in [1.54, 1.807) is 19.9 Å². The van der Waals surface area contributed by atoms with Crippen molar-refractivity contribution >= 4 is 24.1 Å². The first kappa shape index (κ1) is 24.9. The van der Waals surface area contributed by atoms with E-state index in [4.69, 9.17) is 24.7 Å². The monoisotopic (exact) mass is 425 g/mol. The molecule has 0 aliphatic rings. The van der Waals surface area contributed by atoms with Gasteiger partial charge in [0, 0.05) is 12.8 Å². The predicted octanol–water partition coefficient (Wildman–Crippen LogP) is 1.90. The molecule has 0 heterocycles. The van der Waals surface area contributed by atoms with Crippen LogP contribution >= 0.6 is 0 Å². The third-order valence-corrected chi connectivity index (χ3v) is 3.71. The molecule has 1 rings (SSSR count). The number of benzene rings is 1. The Balaban J connectivity index is 2.81. The number of hydrogen-bond donors (Lipinski definition) is 1. The summed E-state index contributed by atoms with van der Waals surface area (Å²) in [5, 5.41) is 0. The van der Waals surface area contributed by atoms with E-state index in [0.717, 1.165) is 7.11 Å². The highest BCUT2D eigenvalue weighted by molar-refractivity contribution is 5.77. The Hall–Kier alpha value is -3.14. The molecule has 1 aromatic rings. The zero-order valence-electron chi connectivity index (χ0n) is 17.5. The minimum Gasteiger partial charge on any atom is -0.458 e. The molecular weight excluding hydrogens is 398 g/mol. The van der Waals surface area contributed by atoms with E-state index >= 15 is 0 Å². The molecule has 1 aromatic carbocycles. The molecule has 0 amide bonds. The highest BCUT2D eigenvalue weighted by Crippen LogP contribution is 2.30. The van der Waals surface area contributed by atoms with E-state index < -0.39 is 36.2 Å². The van der Waals surface area contributed by atoms with Crippen LogP contribution in [0, 0.1) is 0 Å². The second kappa shape index (κ2) is 12.4. The van der Waals surface area contributed by atoms with Crippen LogP contribution < -0.4 is 15.2 Å². The van der Waals surface area contributed by atoms with Crippen LogP contribution in [0.1, 0.15) is 39.2 Å². The number of esters is 3. The van der Waals surface area contributed by atoms with Gasteiger partial charge in [0.15, 0.2) is 11.5 Å². The van der Waals surface area contributed by atoms with Gasteiger partial charge in [0.25, 0.3) is 0 Å². The number of hydrogen-bond acceptors (Lipinski definition) is 10. The Bertz CT molecular complexity index is 763. The summed E-state index contributed by atoms with van der Waals surface area (Å²) >= 11 is 0. The van der Waals surface area contributed by atoms with Crippen LogP contribution in [0.15, 0.2) is 18.2 Å². The van der Waals surface area contributed by atoms with Crippen molar-refractivity contribution < 1.29 is 42.9 Å². The van der Waals surface area contributed by atoms with Gasteiger partial charge in [-0.1, -0.05) is 19.9 Å².